The first-order valence-corrected chi connectivity index (χ1v) is 10.3. The summed E-state index contributed by atoms with van der Waals surface area (Å²) in [7, 11) is 0. The minimum atomic E-state index is -0.733. The first-order chi connectivity index (χ1) is 14.6. The lowest BCUT2D eigenvalue weighted by Gasteiger charge is -2.19. The Hall–Kier alpha value is -3.35. The molecule has 4 amide bonds. The number of nitrogens with one attached hydrogen (secondary N) is 2. The van der Waals surface area contributed by atoms with Gasteiger partial charge in [-0.1, -0.05) is 43.2 Å². The predicted octanol–water partition coefficient (Wildman–Crippen LogP) is 3.46. The van der Waals surface area contributed by atoms with Crippen molar-refractivity contribution >= 4 is 23.5 Å². The van der Waals surface area contributed by atoms with Crippen molar-refractivity contribution in [3.63, 3.8) is 0 Å². The topological polar surface area (TPSA) is 87.7 Å². The van der Waals surface area contributed by atoms with E-state index in [1.165, 1.54) is 4.90 Å². The third kappa shape index (κ3) is 4.30. The second-order valence-corrected chi connectivity index (χ2v) is 7.77. The number of carbonyl (C=O) groups is 3. The largest absolute Gasteiger partial charge is 0.489 e. The highest BCUT2D eigenvalue weighted by atomic mass is 16.5. The summed E-state index contributed by atoms with van der Waals surface area (Å²) in [5.41, 5.74) is 0.981. The number of rotatable bonds is 7. The molecule has 1 saturated carbocycles. The molecule has 2 fully saturated rings. The lowest BCUT2D eigenvalue weighted by atomic mass is 9.98. The summed E-state index contributed by atoms with van der Waals surface area (Å²) in [6, 6.07) is 16.6. The molecule has 1 spiro atoms. The van der Waals surface area contributed by atoms with Crippen LogP contribution in [0.5, 0.6) is 5.75 Å². The summed E-state index contributed by atoms with van der Waals surface area (Å²) in [5.74, 6) is 0.261. The molecule has 0 bridgehead atoms. The monoisotopic (exact) mass is 407 g/mol. The first kappa shape index (κ1) is 19.9. The van der Waals surface area contributed by atoms with Crippen LogP contribution in [0.1, 0.15) is 37.7 Å². The number of nitrogens with zero attached hydrogens (tertiary/aromatic N) is 1. The van der Waals surface area contributed by atoms with Crippen LogP contribution >= 0.6 is 0 Å². The number of anilines is 1. The van der Waals surface area contributed by atoms with Crippen LogP contribution in [-0.4, -0.2) is 34.8 Å². The zero-order chi connectivity index (χ0) is 21.0. The van der Waals surface area contributed by atoms with Gasteiger partial charge in [0.25, 0.3) is 5.91 Å². The summed E-state index contributed by atoms with van der Waals surface area (Å²) < 4.78 is 5.74. The third-order valence-electron chi connectivity index (χ3n) is 5.65. The van der Waals surface area contributed by atoms with Crippen molar-refractivity contribution in [3.8, 4) is 5.75 Å². The summed E-state index contributed by atoms with van der Waals surface area (Å²) in [6.07, 6.45) is 3.29. The van der Waals surface area contributed by atoms with Crippen LogP contribution < -0.4 is 15.4 Å². The maximum atomic E-state index is 12.6. The fourth-order valence-electron chi connectivity index (χ4n) is 4.01. The van der Waals surface area contributed by atoms with E-state index in [2.05, 4.69) is 10.6 Å². The van der Waals surface area contributed by atoms with Crippen molar-refractivity contribution in [2.45, 2.75) is 44.2 Å². The van der Waals surface area contributed by atoms with Crippen molar-refractivity contribution in [1.29, 1.82) is 0 Å². The van der Waals surface area contributed by atoms with Crippen LogP contribution in [0.4, 0.5) is 10.5 Å². The number of benzene rings is 2. The van der Waals surface area contributed by atoms with Gasteiger partial charge in [0.1, 0.15) is 17.9 Å². The van der Waals surface area contributed by atoms with E-state index in [0.29, 0.717) is 30.9 Å². The van der Waals surface area contributed by atoms with Crippen molar-refractivity contribution in [2.24, 2.45) is 0 Å². The number of urea groups is 1. The van der Waals surface area contributed by atoms with Crippen LogP contribution in [0.25, 0.3) is 0 Å². The van der Waals surface area contributed by atoms with Crippen LogP contribution in [0.3, 0.4) is 0 Å². The number of ether oxygens (including phenoxy) is 1. The molecular weight excluding hydrogens is 382 g/mol. The maximum Gasteiger partial charge on any atom is 0.325 e. The Morgan fingerprint density at radius 3 is 2.43 bits per heavy atom. The molecular formula is C23H25N3O4. The van der Waals surface area contributed by atoms with Crippen molar-refractivity contribution in [3.05, 3.63) is 60.2 Å². The van der Waals surface area contributed by atoms with E-state index in [0.717, 1.165) is 18.4 Å². The third-order valence-corrected chi connectivity index (χ3v) is 5.65. The molecule has 2 N–H and O–H groups in total. The van der Waals surface area contributed by atoms with Gasteiger partial charge < -0.3 is 15.4 Å². The first-order valence-electron chi connectivity index (χ1n) is 10.3. The van der Waals surface area contributed by atoms with Gasteiger partial charge in [-0.25, -0.2) is 4.79 Å². The summed E-state index contributed by atoms with van der Waals surface area (Å²) in [6.45, 7) is 0.552. The number of hydrogen-bond donors (Lipinski definition) is 2. The lowest BCUT2D eigenvalue weighted by molar-refractivity contribution is -0.131. The van der Waals surface area contributed by atoms with E-state index in [-0.39, 0.29) is 24.8 Å². The van der Waals surface area contributed by atoms with E-state index in [9.17, 15) is 14.4 Å². The second kappa shape index (κ2) is 8.57. The zero-order valence-electron chi connectivity index (χ0n) is 16.7. The van der Waals surface area contributed by atoms with Gasteiger partial charge in [0.15, 0.2) is 0 Å². The summed E-state index contributed by atoms with van der Waals surface area (Å²) in [4.78, 5) is 38.2. The standard InChI is InChI=1S/C23H25N3O4/c27-20(12-15-26-21(28)23(25-22(26)29)13-4-5-14-23)24-18-8-10-19(11-9-18)30-16-17-6-2-1-3-7-17/h1-3,6-11H,4-5,12-16H2,(H,24,27)(H,25,29). The number of carbonyl (C=O) groups excluding carboxylic acids is 3. The molecule has 2 aliphatic rings. The van der Waals surface area contributed by atoms with Gasteiger partial charge in [-0.05, 0) is 42.7 Å². The molecule has 2 aromatic rings. The molecule has 156 valence electrons. The number of imide groups is 1. The average molecular weight is 407 g/mol. The highest BCUT2D eigenvalue weighted by Gasteiger charge is 2.52. The maximum absolute atomic E-state index is 12.6. The van der Waals surface area contributed by atoms with Gasteiger partial charge in [-0.3, -0.25) is 14.5 Å². The number of amides is 4. The fourth-order valence-corrected chi connectivity index (χ4v) is 4.01. The summed E-state index contributed by atoms with van der Waals surface area (Å²) in [5, 5.41) is 5.62. The van der Waals surface area contributed by atoms with E-state index in [1.807, 2.05) is 30.3 Å². The van der Waals surface area contributed by atoms with Crippen LogP contribution in [0.2, 0.25) is 0 Å². The Bertz CT molecular complexity index is 921. The average Bonchev–Trinajstić information content (AvgIpc) is 3.32. The van der Waals surface area contributed by atoms with Crippen LogP contribution in [-0.2, 0) is 16.2 Å². The van der Waals surface area contributed by atoms with E-state index >= 15 is 0 Å². The molecule has 0 aromatic heterocycles. The van der Waals surface area contributed by atoms with Gasteiger partial charge >= 0.3 is 6.03 Å². The van der Waals surface area contributed by atoms with Gasteiger partial charge in [-0.2, -0.15) is 0 Å². The van der Waals surface area contributed by atoms with Crippen LogP contribution in [0, 0.1) is 0 Å². The normalized spacial score (nSPS) is 17.3. The smallest absolute Gasteiger partial charge is 0.325 e. The SMILES string of the molecule is O=C(CCN1C(=O)NC2(CCCC2)C1=O)Nc1ccc(OCc2ccccc2)cc1. The molecule has 1 aliphatic carbocycles. The van der Waals surface area contributed by atoms with Gasteiger partial charge in [-0.15, -0.1) is 0 Å². The highest BCUT2D eigenvalue weighted by Crippen LogP contribution is 2.35. The Morgan fingerprint density at radius 1 is 1.03 bits per heavy atom. The molecule has 1 aliphatic heterocycles. The molecule has 1 heterocycles. The minimum absolute atomic E-state index is 0.0570. The van der Waals surface area contributed by atoms with Gasteiger partial charge in [0.2, 0.25) is 5.91 Å². The zero-order valence-corrected chi connectivity index (χ0v) is 16.7. The molecule has 7 nitrogen and oxygen atoms in total. The Balaban J connectivity index is 1.25. The van der Waals surface area contributed by atoms with Crippen LogP contribution in [0.15, 0.2) is 54.6 Å². The molecule has 0 atom stereocenters. The molecule has 0 radical (unpaired) electrons. The quantitative estimate of drug-likeness (QED) is 0.688. The Morgan fingerprint density at radius 2 is 1.73 bits per heavy atom. The van der Waals surface area contributed by atoms with Crippen molar-refractivity contribution in [2.75, 3.05) is 11.9 Å². The molecule has 1 saturated heterocycles. The van der Waals surface area contributed by atoms with E-state index < -0.39 is 11.6 Å². The summed E-state index contributed by atoms with van der Waals surface area (Å²) >= 11 is 0. The predicted molar refractivity (Wildman–Crippen MR) is 112 cm³/mol. The fraction of sp³-hybridized carbons (Fsp3) is 0.348. The Kier molecular flexibility index (Phi) is 5.70. The van der Waals surface area contributed by atoms with E-state index in [1.54, 1.807) is 24.3 Å². The molecule has 30 heavy (non-hydrogen) atoms. The molecule has 2 aromatic carbocycles. The molecule has 0 unspecified atom stereocenters. The van der Waals surface area contributed by atoms with Gasteiger partial charge in [0, 0.05) is 18.7 Å². The highest BCUT2D eigenvalue weighted by molar-refractivity contribution is 6.07. The van der Waals surface area contributed by atoms with Crippen molar-refractivity contribution in [1.82, 2.24) is 10.2 Å². The molecule has 4 rings (SSSR count). The number of hydrogen-bond acceptors (Lipinski definition) is 4. The Labute approximate surface area is 175 Å². The van der Waals surface area contributed by atoms with Gasteiger partial charge in [0.05, 0.1) is 0 Å². The van der Waals surface area contributed by atoms with E-state index in [4.69, 9.17) is 4.74 Å². The molecule has 7 heteroatoms. The second-order valence-electron chi connectivity index (χ2n) is 7.77. The minimum Gasteiger partial charge on any atom is -0.489 e. The van der Waals surface area contributed by atoms with Crippen molar-refractivity contribution < 1.29 is 19.1 Å². The lowest BCUT2D eigenvalue weighted by Crippen LogP contribution is -2.44.